The number of rotatable bonds is 1. The van der Waals surface area contributed by atoms with Gasteiger partial charge in [0, 0.05) is 6.07 Å². The lowest BCUT2D eigenvalue weighted by molar-refractivity contribution is -0.383. The molecule has 0 saturated carbocycles. The summed E-state index contributed by atoms with van der Waals surface area (Å²) in [6.45, 7) is 0. The Hall–Kier alpha value is -2.06. The summed E-state index contributed by atoms with van der Waals surface area (Å²) in [4.78, 5) is 19.9. The minimum Gasteiger partial charge on any atom is -0.393 e. The van der Waals surface area contributed by atoms with E-state index >= 15 is 0 Å². The van der Waals surface area contributed by atoms with Crippen molar-refractivity contribution in [3.05, 3.63) is 32.8 Å². The largest absolute Gasteiger partial charge is 0.393 e. The Morgan fingerprint density at radius 2 is 2.20 bits per heavy atom. The molecule has 0 spiro atoms. The van der Waals surface area contributed by atoms with Gasteiger partial charge >= 0.3 is 0 Å². The van der Waals surface area contributed by atoms with Gasteiger partial charge in [0.2, 0.25) is 0 Å². The number of nitrogens with two attached hydrogens (primary N) is 1. The Morgan fingerprint density at radius 3 is 2.73 bits per heavy atom. The number of carbonyl (C=O) groups excluding carboxylic acids is 1. The van der Waals surface area contributed by atoms with E-state index in [2.05, 4.69) is 11.8 Å². The summed E-state index contributed by atoms with van der Waals surface area (Å²) in [6.07, 6.45) is 0.374. The number of halogens is 1. The van der Waals surface area contributed by atoms with Gasteiger partial charge in [-0.1, -0.05) is 17.5 Å². The first-order valence-electron chi connectivity index (χ1n) is 3.75. The summed E-state index contributed by atoms with van der Waals surface area (Å²) in [7, 11) is 0. The van der Waals surface area contributed by atoms with Gasteiger partial charge < -0.3 is 5.73 Å². The molecule has 76 valence electrons. The van der Waals surface area contributed by atoms with Crippen LogP contribution in [0, 0.1) is 22.0 Å². The lowest BCUT2D eigenvalue weighted by Gasteiger charge is -1.99. The molecule has 2 N–H and O–H groups in total. The minimum atomic E-state index is -0.641. The van der Waals surface area contributed by atoms with Gasteiger partial charge in [0.25, 0.3) is 5.69 Å². The molecule has 0 saturated heterocycles. The lowest BCUT2D eigenvalue weighted by Crippen LogP contribution is -1.96. The van der Waals surface area contributed by atoms with E-state index in [9.17, 15) is 14.9 Å². The third kappa shape index (κ3) is 2.45. The molecule has 1 aromatic carbocycles. The molecular formula is C9H5ClN2O3. The highest BCUT2D eigenvalue weighted by Crippen LogP contribution is 2.28. The molecule has 0 fully saturated rings. The van der Waals surface area contributed by atoms with Gasteiger partial charge in [-0.15, -0.1) is 0 Å². The molecule has 0 atom stereocenters. The van der Waals surface area contributed by atoms with E-state index in [0.717, 1.165) is 6.07 Å². The topological polar surface area (TPSA) is 86.2 Å². The predicted molar refractivity (Wildman–Crippen MR) is 55.5 cm³/mol. The zero-order valence-electron chi connectivity index (χ0n) is 7.36. The van der Waals surface area contributed by atoms with Gasteiger partial charge in [-0.25, -0.2) is 0 Å². The van der Waals surface area contributed by atoms with Crippen molar-refractivity contribution in [2.45, 2.75) is 0 Å². The number of anilines is 1. The molecule has 0 heterocycles. The van der Waals surface area contributed by atoms with Crippen molar-refractivity contribution >= 4 is 29.3 Å². The van der Waals surface area contributed by atoms with Gasteiger partial charge in [0.05, 0.1) is 15.5 Å². The first-order valence-corrected chi connectivity index (χ1v) is 4.12. The van der Waals surface area contributed by atoms with Crippen molar-refractivity contribution in [3.8, 4) is 11.8 Å². The van der Waals surface area contributed by atoms with Crippen LogP contribution in [0.4, 0.5) is 11.4 Å². The second kappa shape index (κ2) is 4.44. The van der Waals surface area contributed by atoms with Crippen molar-refractivity contribution in [3.63, 3.8) is 0 Å². The molecule has 0 radical (unpaired) electrons. The molecule has 0 aliphatic rings. The Labute approximate surface area is 90.0 Å². The van der Waals surface area contributed by atoms with Gasteiger partial charge in [0.1, 0.15) is 5.69 Å². The van der Waals surface area contributed by atoms with Crippen LogP contribution in [0.3, 0.4) is 0 Å². The van der Waals surface area contributed by atoms with E-state index in [1.807, 2.05) is 0 Å². The molecule has 0 aromatic heterocycles. The second-order valence-electron chi connectivity index (χ2n) is 2.54. The zero-order chi connectivity index (χ0) is 11.4. The summed E-state index contributed by atoms with van der Waals surface area (Å²) in [5.74, 6) is 4.49. The number of nitro groups is 1. The SMILES string of the molecule is Nc1cc(Cl)c(C#CC=O)cc1[N+](=O)[O-]. The highest BCUT2D eigenvalue weighted by atomic mass is 35.5. The number of carbonyl (C=O) groups is 1. The molecular weight excluding hydrogens is 220 g/mol. The molecule has 0 unspecified atom stereocenters. The van der Waals surface area contributed by atoms with Crippen molar-refractivity contribution < 1.29 is 9.72 Å². The highest BCUT2D eigenvalue weighted by molar-refractivity contribution is 6.32. The van der Waals surface area contributed by atoms with Crippen LogP contribution in [0.15, 0.2) is 12.1 Å². The number of nitrogen functional groups attached to an aromatic ring is 1. The van der Waals surface area contributed by atoms with E-state index in [1.165, 1.54) is 6.07 Å². The van der Waals surface area contributed by atoms with Crippen LogP contribution in [-0.2, 0) is 4.79 Å². The molecule has 15 heavy (non-hydrogen) atoms. The Balaban J connectivity index is 3.35. The maximum Gasteiger partial charge on any atom is 0.293 e. The van der Waals surface area contributed by atoms with Crippen molar-refractivity contribution in [1.82, 2.24) is 0 Å². The first kappa shape index (κ1) is 11.0. The molecule has 0 amide bonds. The van der Waals surface area contributed by atoms with E-state index < -0.39 is 4.92 Å². The average molecular weight is 225 g/mol. The van der Waals surface area contributed by atoms with Crippen LogP contribution in [0.25, 0.3) is 0 Å². The number of hydrogen-bond acceptors (Lipinski definition) is 4. The molecule has 1 rings (SSSR count). The number of nitrogens with zero attached hydrogens (tertiary/aromatic N) is 1. The quantitative estimate of drug-likeness (QED) is 0.257. The standard InChI is InChI=1S/C9H5ClN2O3/c10-7-5-8(11)9(12(14)15)4-6(7)2-1-3-13/h3-5H,11H2. The average Bonchev–Trinajstić information content (AvgIpc) is 2.16. The van der Waals surface area contributed by atoms with Gasteiger partial charge in [-0.05, 0) is 12.0 Å². The van der Waals surface area contributed by atoms with Crippen molar-refractivity contribution in [2.24, 2.45) is 0 Å². The van der Waals surface area contributed by atoms with Crippen molar-refractivity contribution in [1.29, 1.82) is 0 Å². The van der Waals surface area contributed by atoms with Crippen molar-refractivity contribution in [2.75, 3.05) is 5.73 Å². The van der Waals surface area contributed by atoms with Gasteiger partial charge in [0.15, 0.2) is 6.29 Å². The number of hydrogen-bond donors (Lipinski definition) is 1. The van der Waals surface area contributed by atoms with Crippen LogP contribution >= 0.6 is 11.6 Å². The zero-order valence-corrected chi connectivity index (χ0v) is 8.12. The number of nitro benzene ring substituents is 1. The van der Waals surface area contributed by atoms with Crippen LogP contribution in [0.2, 0.25) is 5.02 Å². The fourth-order valence-corrected chi connectivity index (χ4v) is 1.16. The summed E-state index contributed by atoms with van der Waals surface area (Å²) in [6, 6.07) is 2.36. The van der Waals surface area contributed by atoms with E-state index in [1.54, 1.807) is 0 Å². The summed E-state index contributed by atoms with van der Waals surface area (Å²) in [5, 5.41) is 10.7. The monoisotopic (exact) mass is 224 g/mol. The lowest BCUT2D eigenvalue weighted by atomic mass is 10.2. The summed E-state index contributed by atoms with van der Waals surface area (Å²) in [5.41, 5.74) is 5.25. The summed E-state index contributed by atoms with van der Waals surface area (Å²) >= 11 is 5.72. The molecule has 0 aliphatic heterocycles. The second-order valence-corrected chi connectivity index (χ2v) is 2.94. The Morgan fingerprint density at radius 1 is 1.53 bits per heavy atom. The third-order valence-corrected chi connectivity index (χ3v) is 1.89. The normalized spacial score (nSPS) is 8.87. The fourth-order valence-electron chi connectivity index (χ4n) is 0.938. The number of benzene rings is 1. The van der Waals surface area contributed by atoms with Crippen LogP contribution in [-0.4, -0.2) is 11.2 Å². The van der Waals surface area contributed by atoms with E-state index in [-0.39, 0.29) is 22.0 Å². The molecule has 5 nitrogen and oxygen atoms in total. The molecule has 6 heteroatoms. The predicted octanol–water partition coefficient (Wildman–Crippen LogP) is 1.38. The van der Waals surface area contributed by atoms with Crippen LogP contribution in [0.1, 0.15) is 5.56 Å². The highest BCUT2D eigenvalue weighted by Gasteiger charge is 2.14. The fraction of sp³-hybridized carbons (Fsp3) is 0. The van der Waals surface area contributed by atoms with Gasteiger partial charge in [-0.3, -0.25) is 14.9 Å². The molecule has 0 aliphatic carbocycles. The molecule has 1 aromatic rings. The molecule has 0 bridgehead atoms. The number of aldehydes is 1. The smallest absolute Gasteiger partial charge is 0.293 e. The van der Waals surface area contributed by atoms with Gasteiger partial charge in [-0.2, -0.15) is 0 Å². The maximum atomic E-state index is 10.5. The third-order valence-electron chi connectivity index (χ3n) is 1.58. The van der Waals surface area contributed by atoms with Crippen LogP contribution < -0.4 is 5.73 Å². The Bertz CT molecular complexity index is 488. The first-order chi connectivity index (χ1) is 7.06. The maximum absolute atomic E-state index is 10.5. The van der Waals surface area contributed by atoms with E-state index in [0.29, 0.717) is 6.29 Å². The Kier molecular flexibility index (Phi) is 3.26. The summed E-state index contributed by atoms with van der Waals surface area (Å²) < 4.78 is 0. The van der Waals surface area contributed by atoms with E-state index in [4.69, 9.17) is 17.3 Å². The minimum absolute atomic E-state index is 0.0401. The van der Waals surface area contributed by atoms with Crippen LogP contribution in [0.5, 0.6) is 0 Å².